The monoisotopic (exact) mass is 893 g/mol. The van der Waals surface area contributed by atoms with Gasteiger partial charge in [-0.05, 0) is 92.0 Å². The Morgan fingerprint density at radius 2 is 0.543 bits per heavy atom. The van der Waals surface area contributed by atoms with Crippen molar-refractivity contribution in [3.63, 3.8) is 0 Å². The fraction of sp³-hybridized carbons (Fsp3) is 0.0317. The number of hydrogen-bond donors (Lipinski definition) is 0. The van der Waals surface area contributed by atoms with Gasteiger partial charge in [-0.25, -0.2) is 29.9 Å². The van der Waals surface area contributed by atoms with Crippen molar-refractivity contribution in [3.8, 4) is 96.7 Å². The molecule has 0 aliphatic heterocycles. The quantitative estimate of drug-likeness (QED) is 0.150. The molecule has 11 aromatic rings. The van der Waals surface area contributed by atoms with Gasteiger partial charge in [0.1, 0.15) is 0 Å². The van der Waals surface area contributed by atoms with Crippen LogP contribution in [0.25, 0.3) is 90.6 Å². The first-order valence-electron chi connectivity index (χ1n) is 23.4. The Hall–Kier alpha value is -9.51. The molecular weight excluding hydrogens is 855 g/mol. The molecule has 7 nitrogen and oxygen atoms in total. The van der Waals surface area contributed by atoms with Crippen LogP contribution in [0.3, 0.4) is 0 Å². The highest BCUT2D eigenvalue weighted by Crippen LogP contribution is 2.57. The molecule has 7 heteroatoms. The lowest BCUT2D eigenvalue weighted by atomic mass is 9.60. The minimum absolute atomic E-state index is 0.0984. The van der Waals surface area contributed by atoms with Gasteiger partial charge >= 0.3 is 0 Å². The first kappa shape index (κ1) is 40.7. The van der Waals surface area contributed by atoms with Gasteiger partial charge < -0.3 is 0 Å². The van der Waals surface area contributed by atoms with Crippen molar-refractivity contribution in [1.82, 2.24) is 29.9 Å². The molecule has 0 fully saturated rings. The second kappa shape index (κ2) is 17.0. The molecule has 2 unspecified atom stereocenters. The van der Waals surface area contributed by atoms with Gasteiger partial charge in [0.25, 0.3) is 0 Å². The van der Waals surface area contributed by atoms with Gasteiger partial charge in [-0.15, -0.1) is 0 Å². The Kier molecular flexibility index (Phi) is 9.88. The predicted octanol–water partition coefficient (Wildman–Crippen LogP) is 14.3. The third-order valence-electron chi connectivity index (χ3n) is 13.6. The maximum absolute atomic E-state index is 10.2. The van der Waals surface area contributed by atoms with E-state index in [0.29, 0.717) is 40.5 Å². The van der Waals surface area contributed by atoms with E-state index in [9.17, 15) is 5.26 Å². The lowest BCUT2D eigenvalue weighted by Crippen LogP contribution is -2.27. The van der Waals surface area contributed by atoms with Crippen molar-refractivity contribution >= 4 is 0 Å². The van der Waals surface area contributed by atoms with Gasteiger partial charge in [-0.1, -0.05) is 188 Å². The van der Waals surface area contributed by atoms with Crippen LogP contribution in [-0.4, -0.2) is 29.9 Å². The summed E-state index contributed by atoms with van der Waals surface area (Å²) in [7, 11) is 0. The highest BCUT2D eigenvalue weighted by Gasteiger charge is 2.42. The Bertz CT molecular complexity index is 3850. The highest BCUT2D eigenvalue weighted by molar-refractivity contribution is 5.78. The molecule has 14 rings (SSSR count). The number of benzene rings is 9. The van der Waals surface area contributed by atoms with Gasteiger partial charge in [0.15, 0.2) is 34.9 Å². The van der Waals surface area contributed by atoms with Gasteiger partial charge in [0.05, 0.1) is 11.6 Å². The molecule has 2 atom stereocenters. The number of aromatic nitrogens is 6. The summed E-state index contributed by atoms with van der Waals surface area (Å²) in [5, 5.41) is 10.2. The Balaban J connectivity index is 0.937. The molecule has 70 heavy (non-hydrogen) atoms. The lowest BCUT2D eigenvalue weighted by molar-refractivity contribution is 0.754. The Labute approximate surface area is 405 Å². The number of hydrogen-bond acceptors (Lipinski definition) is 7. The van der Waals surface area contributed by atoms with E-state index in [4.69, 9.17) is 29.9 Å². The van der Waals surface area contributed by atoms with Crippen molar-refractivity contribution in [2.24, 2.45) is 0 Å². The second-order valence-electron chi connectivity index (χ2n) is 17.7. The van der Waals surface area contributed by atoms with E-state index >= 15 is 0 Å². The summed E-state index contributed by atoms with van der Waals surface area (Å²) in [6.45, 7) is 0. The molecular formula is C63H39N7. The highest BCUT2D eigenvalue weighted by atomic mass is 15.0. The maximum atomic E-state index is 10.2. The lowest BCUT2D eigenvalue weighted by Gasteiger charge is -2.42. The fourth-order valence-electron chi connectivity index (χ4n) is 10.3. The normalized spacial score (nSPS) is 14.0. The first-order valence-corrected chi connectivity index (χ1v) is 23.4. The molecule has 3 aliphatic carbocycles. The number of rotatable bonds is 8. The zero-order chi connectivity index (χ0) is 46.5. The van der Waals surface area contributed by atoms with E-state index in [2.05, 4.69) is 152 Å². The van der Waals surface area contributed by atoms with Gasteiger partial charge in [0.2, 0.25) is 0 Å². The molecule has 2 bridgehead atoms. The van der Waals surface area contributed by atoms with Gasteiger partial charge in [-0.2, -0.15) is 5.26 Å². The summed E-state index contributed by atoms with van der Waals surface area (Å²) >= 11 is 0. The van der Waals surface area contributed by atoms with E-state index in [1.807, 2.05) is 78.9 Å². The Morgan fingerprint density at radius 3 is 0.943 bits per heavy atom. The van der Waals surface area contributed by atoms with Crippen molar-refractivity contribution < 1.29 is 0 Å². The standard InChI is InChI=1S/C63H39N7/c64-38-39-27-30-50-53(33-39)57-52-32-29-48(62-67-58(42-19-9-3-10-20-42)65-60(69-62)46-25-13-23-44(34-46)40-15-5-1-6-16-40)36-54(52)56(50)51-31-28-49(37-55(51)57)63-68-59(43-21-11-4-12-22-43)66-61(70-63)47-26-14-24-45(35-47)41-17-7-2-8-18-41/h1-37,56-57H. The molecule has 326 valence electrons. The van der Waals surface area contributed by atoms with Crippen LogP contribution >= 0.6 is 0 Å². The minimum Gasteiger partial charge on any atom is -0.208 e. The summed E-state index contributed by atoms with van der Waals surface area (Å²) in [5.41, 5.74) is 17.6. The molecule has 0 N–H and O–H groups in total. The second-order valence-corrected chi connectivity index (χ2v) is 17.7. The molecule has 0 spiro atoms. The van der Waals surface area contributed by atoms with Crippen molar-refractivity contribution in [3.05, 3.63) is 263 Å². The third-order valence-corrected chi connectivity index (χ3v) is 13.6. The summed E-state index contributed by atoms with van der Waals surface area (Å²) in [6.07, 6.45) is 0. The molecule has 2 aromatic heterocycles. The average Bonchev–Trinajstić information content (AvgIpc) is 3.45. The van der Waals surface area contributed by atoms with Crippen LogP contribution in [0.4, 0.5) is 0 Å². The first-order chi connectivity index (χ1) is 34.6. The maximum Gasteiger partial charge on any atom is 0.164 e. The SMILES string of the molecule is N#Cc1ccc2c(c1)C1c3ccc(-c4nc(-c5ccccc5)nc(-c5cccc(-c6ccccc6)c5)n4)cc3C2c2ccc(-c3nc(-c4ccccc4)nc(-c4cccc(-c5ccccc5)c4)n3)cc21. The predicted molar refractivity (Wildman–Crippen MR) is 276 cm³/mol. The molecule has 0 saturated heterocycles. The number of nitrogens with zero attached hydrogens (tertiary/aromatic N) is 7. The molecule has 2 heterocycles. The zero-order valence-corrected chi connectivity index (χ0v) is 37.6. The van der Waals surface area contributed by atoms with Crippen LogP contribution in [0.15, 0.2) is 224 Å². The van der Waals surface area contributed by atoms with E-state index in [0.717, 1.165) is 61.2 Å². The van der Waals surface area contributed by atoms with E-state index in [-0.39, 0.29) is 11.8 Å². The van der Waals surface area contributed by atoms with Crippen molar-refractivity contribution in [2.45, 2.75) is 11.8 Å². The van der Waals surface area contributed by atoms with Gasteiger partial charge in [-0.3, -0.25) is 0 Å². The summed E-state index contributed by atoms with van der Waals surface area (Å²) < 4.78 is 0. The Morgan fingerprint density at radius 1 is 0.243 bits per heavy atom. The molecule has 0 amide bonds. The molecule has 0 saturated carbocycles. The summed E-state index contributed by atoms with van der Waals surface area (Å²) in [6, 6.07) is 79.5. The summed E-state index contributed by atoms with van der Waals surface area (Å²) in [5.74, 6) is 3.37. The van der Waals surface area contributed by atoms with Crippen LogP contribution in [0.5, 0.6) is 0 Å². The van der Waals surface area contributed by atoms with Crippen molar-refractivity contribution in [1.29, 1.82) is 5.26 Å². The van der Waals surface area contributed by atoms with Crippen molar-refractivity contribution in [2.75, 3.05) is 0 Å². The smallest absolute Gasteiger partial charge is 0.164 e. The van der Waals surface area contributed by atoms with E-state index in [1.54, 1.807) is 0 Å². The van der Waals surface area contributed by atoms with Gasteiger partial charge in [0, 0.05) is 45.2 Å². The molecule has 0 radical (unpaired) electrons. The summed E-state index contributed by atoms with van der Waals surface area (Å²) in [4.78, 5) is 30.8. The third kappa shape index (κ3) is 7.23. The molecule has 3 aliphatic rings. The molecule has 9 aromatic carbocycles. The average molecular weight is 894 g/mol. The van der Waals surface area contributed by atoms with Crippen LogP contribution in [0.1, 0.15) is 50.8 Å². The zero-order valence-electron chi connectivity index (χ0n) is 37.6. The topological polar surface area (TPSA) is 101 Å². The fourth-order valence-corrected chi connectivity index (χ4v) is 10.3. The van der Waals surface area contributed by atoms with Crippen LogP contribution in [0.2, 0.25) is 0 Å². The van der Waals surface area contributed by atoms with Crippen LogP contribution in [0, 0.1) is 11.3 Å². The minimum atomic E-state index is -0.140. The van der Waals surface area contributed by atoms with Crippen LogP contribution < -0.4 is 0 Å². The largest absolute Gasteiger partial charge is 0.208 e. The number of nitriles is 1. The van der Waals surface area contributed by atoms with Crippen LogP contribution in [-0.2, 0) is 0 Å². The van der Waals surface area contributed by atoms with E-state index in [1.165, 1.54) is 27.8 Å². The van der Waals surface area contributed by atoms with E-state index < -0.39 is 0 Å².